The predicted molar refractivity (Wildman–Crippen MR) is 108 cm³/mol. The van der Waals surface area contributed by atoms with Gasteiger partial charge in [-0.15, -0.1) is 0 Å². The summed E-state index contributed by atoms with van der Waals surface area (Å²) in [6.45, 7) is 2.82. The first-order chi connectivity index (χ1) is 12.8. The van der Waals surface area contributed by atoms with Gasteiger partial charge in [0.25, 0.3) is 0 Å². The molecule has 3 aromatic rings. The lowest BCUT2D eigenvalue weighted by molar-refractivity contribution is 0.306. The van der Waals surface area contributed by atoms with Crippen LogP contribution in [0.25, 0.3) is 23.4 Å². The summed E-state index contributed by atoms with van der Waals surface area (Å²) in [7, 11) is 0. The molecule has 1 N–H and O–H groups in total. The van der Waals surface area contributed by atoms with Crippen LogP contribution in [0.3, 0.4) is 0 Å². The van der Waals surface area contributed by atoms with Crippen molar-refractivity contribution in [2.45, 2.75) is 20.0 Å². The molecule has 1 aliphatic carbocycles. The first-order valence-corrected chi connectivity index (χ1v) is 9.13. The highest BCUT2D eigenvalue weighted by Crippen LogP contribution is 2.22. The van der Waals surface area contributed by atoms with Crippen molar-refractivity contribution in [2.75, 3.05) is 0 Å². The van der Waals surface area contributed by atoms with Crippen molar-refractivity contribution in [1.29, 1.82) is 0 Å². The van der Waals surface area contributed by atoms with Gasteiger partial charge in [-0.3, -0.25) is 0 Å². The zero-order valence-corrected chi connectivity index (χ0v) is 15.0. The van der Waals surface area contributed by atoms with Gasteiger partial charge in [-0.2, -0.15) is 0 Å². The maximum atomic E-state index is 5.97. The zero-order valence-electron chi connectivity index (χ0n) is 15.0. The highest BCUT2D eigenvalue weighted by atomic mass is 16.5. The van der Waals surface area contributed by atoms with Crippen LogP contribution < -0.4 is 15.3 Å². The summed E-state index contributed by atoms with van der Waals surface area (Å²) in [4.78, 5) is 3.56. The van der Waals surface area contributed by atoms with Gasteiger partial charge in [0.1, 0.15) is 12.4 Å². The summed E-state index contributed by atoms with van der Waals surface area (Å²) in [6.07, 6.45) is 9.94. The minimum atomic E-state index is 0.570. The summed E-state index contributed by atoms with van der Waals surface area (Å²) in [5.41, 5.74) is 3.43. The van der Waals surface area contributed by atoms with Crippen LogP contribution in [0.15, 0.2) is 72.8 Å². The van der Waals surface area contributed by atoms with E-state index in [0.717, 1.165) is 23.4 Å². The largest absolute Gasteiger partial charge is 0.489 e. The lowest BCUT2D eigenvalue weighted by Gasteiger charge is -2.07. The SMILES string of the molecule is CC1\C=C/C=c2/cc(-c3cccc(OCc4ccccc4)c3)[nH]/c2=C\C1. The highest BCUT2D eigenvalue weighted by molar-refractivity contribution is 5.63. The Hall–Kier alpha value is -3.00. The van der Waals surface area contributed by atoms with Crippen LogP contribution in [0.5, 0.6) is 5.75 Å². The molecule has 0 spiro atoms. The Labute approximate surface area is 154 Å². The molecule has 0 fully saturated rings. The maximum absolute atomic E-state index is 5.97. The number of H-pyrrole nitrogens is 1. The fourth-order valence-electron chi connectivity index (χ4n) is 3.17. The lowest BCUT2D eigenvalue weighted by Crippen LogP contribution is -2.22. The minimum absolute atomic E-state index is 0.570. The summed E-state index contributed by atoms with van der Waals surface area (Å²) in [5.74, 6) is 1.45. The van der Waals surface area contributed by atoms with Crippen LogP contribution >= 0.6 is 0 Å². The monoisotopic (exact) mass is 341 g/mol. The molecule has 1 aromatic heterocycles. The van der Waals surface area contributed by atoms with Crippen molar-refractivity contribution in [3.8, 4) is 17.0 Å². The number of hydrogen-bond acceptors (Lipinski definition) is 1. The Bertz CT molecular complexity index is 1030. The first-order valence-electron chi connectivity index (χ1n) is 9.13. The lowest BCUT2D eigenvalue weighted by atomic mass is 10.1. The number of aromatic amines is 1. The Balaban J connectivity index is 1.59. The van der Waals surface area contributed by atoms with Crippen LogP contribution in [0, 0.1) is 5.92 Å². The highest BCUT2D eigenvalue weighted by Gasteiger charge is 2.05. The Morgan fingerprint density at radius 2 is 1.92 bits per heavy atom. The third kappa shape index (κ3) is 3.80. The van der Waals surface area contributed by atoms with E-state index in [1.807, 2.05) is 30.3 Å². The van der Waals surface area contributed by atoms with Crippen LogP contribution in [0.2, 0.25) is 0 Å². The molecule has 0 radical (unpaired) electrons. The van der Waals surface area contributed by atoms with Crippen molar-refractivity contribution >= 4 is 12.2 Å². The molecule has 1 atom stereocenters. The molecule has 0 aliphatic heterocycles. The molecule has 1 aliphatic rings. The van der Waals surface area contributed by atoms with Gasteiger partial charge in [-0.25, -0.2) is 0 Å². The molecule has 0 bridgehead atoms. The van der Waals surface area contributed by atoms with Crippen molar-refractivity contribution in [3.05, 3.63) is 88.9 Å². The van der Waals surface area contributed by atoms with E-state index in [1.54, 1.807) is 0 Å². The molecule has 2 aromatic carbocycles. The Morgan fingerprint density at radius 3 is 2.81 bits per heavy atom. The molecule has 0 saturated heterocycles. The van der Waals surface area contributed by atoms with Gasteiger partial charge in [-0.05, 0) is 41.3 Å². The van der Waals surface area contributed by atoms with E-state index < -0.39 is 0 Å². The van der Waals surface area contributed by atoms with Crippen LogP contribution in [-0.2, 0) is 6.61 Å². The summed E-state index contributed by atoms with van der Waals surface area (Å²) in [6, 6.07) is 20.7. The fourth-order valence-corrected chi connectivity index (χ4v) is 3.17. The predicted octanol–water partition coefficient (Wildman–Crippen LogP) is 4.42. The van der Waals surface area contributed by atoms with Crippen molar-refractivity contribution in [2.24, 2.45) is 5.92 Å². The van der Waals surface area contributed by atoms with Gasteiger partial charge in [0.15, 0.2) is 0 Å². The number of aromatic nitrogens is 1. The third-order valence-corrected chi connectivity index (χ3v) is 4.68. The Kier molecular flexibility index (Phi) is 4.74. The summed E-state index contributed by atoms with van der Waals surface area (Å²) < 4.78 is 5.97. The molecule has 4 rings (SSSR count). The number of nitrogens with one attached hydrogen (secondary N) is 1. The smallest absolute Gasteiger partial charge is 0.120 e. The average Bonchev–Trinajstić information content (AvgIpc) is 3.07. The van der Waals surface area contributed by atoms with E-state index in [0.29, 0.717) is 12.5 Å². The van der Waals surface area contributed by atoms with Gasteiger partial charge in [0.05, 0.1) is 0 Å². The molecular weight excluding hydrogens is 318 g/mol. The van der Waals surface area contributed by atoms with Gasteiger partial charge < -0.3 is 9.72 Å². The van der Waals surface area contributed by atoms with Crippen LogP contribution in [0.1, 0.15) is 18.9 Å². The molecule has 0 saturated carbocycles. The first kappa shape index (κ1) is 16.5. The van der Waals surface area contributed by atoms with E-state index in [1.165, 1.54) is 16.1 Å². The molecular formula is C24H23NO. The normalized spacial score (nSPS) is 19.8. The van der Waals surface area contributed by atoms with Crippen LogP contribution in [0.4, 0.5) is 0 Å². The molecule has 2 heteroatoms. The second-order valence-electron chi connectivity index (χ2n) is 6.82. The summed E-state index contributed by atoms with van der Waals surface area (Å²) in [5, 5.41) is 2.44. The third-order valence-electron chi connectivity index (χ3n) is 4.68. The maximum Gasteiger partial charge on any atom is 0.120 e. The zero-order chi connectivity index (χ0) is 17.8. The quantitative estimate of drug-likeness (QED) is 0.747. The molecule has 2 nitrogen and oxygen atoms in total. The molecule has 1 unspecified atom stereocenters. The van der Waals surface area contributed by atoms with E-state index in [-0.39, 0.29) is 0 Å². The van der Waals surface area contributed by atoms with Gasteiger partial charge >= 0.3 is 0 Å². The van der Waals surface area contributed by atoms with E-state index >= 15 is 0 Å². The second-order valence-corrected chi connectivity index (χ2v) is 6.82. The molecule has 1 heterocycles. The number of allylic oxidation sites excluding steroid dienone is 2. The van der Waals surface area contributed by atoms with Gasteiger partial charge in [0, 0.05) is 16.6 Å². The molecule has 0 amide bonds. The molecule has 130 valence electrons. The number of benzene rings is 2. The number of hydrogen-bond donors (Lipinski definition) is 1. The van der Waals surface area contributed by atoms with Gasteiger partial charge in [-0.1, -0.05) is 73.7 Å². The summed E-state index contributed by atoms with van der Waals surface area (Å²) >= 11 is 0. The van der Waals surface area contributed by atoms with E-state index in [4.69, 9.17) is 4.74 Å². The van der Waals surface area contributed by atoms with E-state index in [9.17, 15) is 0 Å². The average molecular weight is 341 g/mol. The van der Waals surface area contributed by atoms with Crippen molar-refractivity contribution in [3.63, 3.8) is 0 Å². The number of ether oxygens (including phenoxy) is 1. The number of fused-ring (bicyclic) bond motifs is 1. The van der Waals surface area contributed by atoms with Crippen molar-refractivity contribution < 1.29 is 4.74 Å². The second kappa shape index (κ2) is 7.49. The fraction of sp³-hybridized carbons (Fsp3) is 0.167. The minimum Gasteiger partial charge on any atom is -0.489 e. The standard InChI is InChI=1S/C24H23NO/c1-18-7-5-10-21-16-24(25-23(21)14-13-18)20-11-6-12-22(15-20)26-17-19-8-3-2-4-9-19/h2-12,14-16,18,25H,13,17H2,1H3/b7-5-,21-10-,23-14-. The number of rotatable bonds is 4. The Morgan fingerprint density at radius 1 is 1.04 bits per heavy atom. The van der Waals surface area contributed by atoms with Crippen molar-refractivity contribution in [1.82, 2.24) is 4.98 Å². The van der Waals surface area contributed by atoms with E-state index in [2.05, 4.69) is 66.5 Å². The van der Waals surface area contributed by atoms with Gasteiger partial charge in [0.2, 0.25) is 0 Å². The molecule has 26 heavy (non-hydrogen) atoms. The van der Waals surface area contributed by atoms with Crippen LogP contribution in [-0.4, -0.2) is 4.98 Å². The topological polar surface area (TPSA) is 25.0 Å².